The third-order valence-corrected chi connectivity index (χ3v) is 6.74. The lowest BCUT2D eigenvalue weighted by Crippen LogP contribution is -2.49. The van der Waals surface area contributed by atoms with Crippen LogP contribution < -0.4 is 10.5 Å². The molecule has 2 aliphatic heterocycles. The van der Waals surface area contributed by atoms with Gasteiger partial charge in [-0.1, -0.05) is 55.5 Å². The Labute approximate surface area is 195 Å². The van der Waals surface area contributed by atoms with Crippen molar-refractivity contribution in [1.82, 2.24) is 4.90 Å². The maximum absolute atomic E-state index is 12.7. The number of piperidine rings is 1. The number of nitrogens with zero attached hydrogens (tertiary/aromatic N) is 1. The van der Waals surface area contributed by atoms with Gasteiger partial charge in [-0.15, -0.1) is 0 Å². The van der Waals surface area contributed by atoms with E-state index in [4.69, 9.17) is 15.2 Å². The number of carbonyl (C=O) groups is 1. The number of para-hydroxylation sites is 1. The van der Waals surface area contributed by atoms with Crippen molar-refractivity contribution in [3.05, 3.63) is 89.5 Å². The fourth-order valence-electron chi connectivity index (χ4n) is 4.70. The second-order valence-corrected chi connectivity index (χ2v) is 9.24. The Kier molecular flexibility index (Phi) is 5.71. The molecular weight excluding hydrogens is 412 g/mol. The van der Waals surface area contributed by atoms with Gasteiger partial charge in [0.15, 0.2) is 0 Å². The number of rotatable bonds is 3. The number of anilines is 1. The first-order valence-corrected chi connectivity index (χ1v) is 11.7. The van der Waals surface area contributed by atoms with Crippen LogP contribution >= 0.6 is 0 Å². The monoisotopic (exact) mass is 442 g/mol. The maximum atomic E-state index is 12.7. The molecule has 170 valence electrons. The Morgan fingerprint density at radius 1 is 1.15 bits per heavy atom. The number of hydrogen-bond acceptors (Lipinski definition) is 4. The first kappa shape index (κ1) is 21.4. The summed E-state index contributed by atoms with van der Waals surface area (Å²) in [6.07, 6.45) is 10.8. The first-order valence-electron chi connectivity index (χ1n) is 11.7. The molecule has 1 fully saturated rings. The van der Waals surface area contributed by atoms with Gasteiger partial charge in [0.2, 0.25) is 0 Å². The van der Waals surface area contributed by atoms with Gasteiger partial charge in [0, 0.05) is 37.2 Å². The smallest absolute Gasteiger partial charge is 0.410 e. The summed E-state index contributed by atoms with van der Waals surface area (Å²) < 4.78 is 12.1. The molecule has 2 aromatic carbocycles. The molecule has 3 aliphatic rings. The van der Waals surface area contributed by atoms with Crippen LogP contribution in [0.3, 0.4) is 0 Å². The van der Waals surface area contributed by atoms with Gasteiger partial charge in [0.05, 0.1) is 0 Å². The molecule has 0 saturated carbocycles. The van der Waals surface area contributed by atoms with Crippen LogP contribution in [0.1, 0.15) is 37.3 Å². The lowest BCUT2D eigenvalue weighted by Gasteiger charge is -2.42. The lowest BCUT2D eigenvalue weighted by molar-refractivity contribution is 0.0324. The molecule has 2 heterocycles. The van der Waals surface area contributed by atoms with Gasteiger partial charge in [-0.3, -0.25) is 0 Å². The summed E-state index contributed by atoms with van der Waals surface area (Å²) in [7, 11) is 0. The highest BCUT2D eigenvalue weighted by Crippen LogP contribution is 2.43. The second-order valence-electron chi connectivity index (χ2n) is 9.24. The van der Waals surface area contributed by atoms with E-state index in [9.17, 15) is 4.79 Å². The molecule has 1 unspecified atom stereocenters. The molecule has 1 spiro atoms. The molecule has 0 aromatic heterocycles. The topological polar surface area (TPSA) is 64.8 Å². The zero-order chi connectivity index (χ0) is 22.8. The normalized spacial score (nSPS) is 21.0. The molecule has 2 N–H and O–H groups in total. The van der Waals surface area contributed by atoms with Crippen molar-refractivity contribution in [2.45, 2.75) is 31.8 Å². The Morgan fingerprint density at radius 2 is 1.91 bits per heavy atom. The zero-order valence-electron chi connectivity index (χ0n) is 19.0. The molecule has 1 atom stereocenters. The summed E-state index contributed by atoms with van der Waals surface area (Å²) in [4.78, 5) is 14.5. The molecule has 1 saturated heterocycles. The number of likely N-dealkylation sites (tertiary alicyclic amines) is 1. The fourth-order valence-corrected chi connectivity index (χ4v) is 4.70. The van der Waals surface area contributed by atoms with Crippen LogP contribution in [0.5, 0.6) is 5.75 Å². The number of hydrogen-bond donors (Lipinski definition) is 1. The highest BCUT2D eigenvalue weighted by molar-refractivity contribution is 5.85. The number of fused-ring (bicyclic) bond motifs is 1. The van der Waals surface area contributed by atoms with Gasteiger partial charge in [-0.05, 0) is 53.3 Å². The van der Waals surface area contributed by atoms with Gasteiger partial charge in [0.25, 0.3) is 0 Å². The van der Waals surface area contributed by atoms with Gasteiger partial charge in [0.1, 0.15) is 18.0 Å². The molecule has 5 heteroatoms. The Hall–Kier alpha value is -3.47. The minimum Gasteiger partial charge on any atom is -0.482 e. The van der Waals surface area contributed by atoms with E-state index < -0.39 is 5.60 Å². The summed E-state index contributed by atoms with van der Waals surface area (Å²) in [5.74, 6) is 1.43. The van der Waals surface area contributed by atoms with Crippen LogP contribution in [0.25, 0.3) is 5.57 Å². The van der Waals surface area contributed by atoms with E-state index in [1.54, 1.807) is 4.90 Å². The van der Waals surface area contributed by atoms with Crippen LogP contribution in [0.4, 0.5) is 10.5 Å². The van der Waals surface area contributed by atoms with Crippen molar-refractivity contribution >= 4 is 17.4 Å². The highest BCUT2D eigenvalue weighted by Gasteiger charge is 2.40. The van der Waals surface area contributed by atoms with Crippen LogP contribution in [0, 0.1) is 5.92 Å². The van der Waals surface area contributed by atoms with E-state index in [0.29, 0.717) is 25.6 Å². The number of amides is 1. The van der Waals surface area contributed by atoms with Gasteiger partial charge >= 0.3 is 6.09 Å². The standard InChI is InChI=1S/C28H30N2O3/c1-20-6-8-21(9-7-20)19-32-27(31)30-16-14-28(15-17-30)18-25(22-10-12-23(29)13-11-22)24-4-2-3-5-26(24)33-28/h2-6,8-13,18,20H,7,14-17,19,29H2,1H3. The predicted molar refractivity (Wildman–Crippen MR) is 131 cm³/mol. The molecule has 1 aliphatic carbocycles. The number of ether oxygens (including phenoxy) is 2. The molecule has 0 radical (unpaired) electrons. The number of carbonyl (C=O) groups excluding carboxylic acids is 1. The number of allylic oxidation sites excluding steroid dienone is 2. The van der Waals surface area contributed by atoms with E-state index in [-0.39, 0.29) is 6.09 Å². The minimum absolute atomic E-state index is 0.253. The molecule has 2 aromatic rings. The number of nitrogen functional groups attached to an aromatic ring is 1. The summed E-state index contributed by atoms with van der Waals surface area (Å²) in [6.45, 7) is 3.70. The maximum Gasteiger partial charge on any atom is 0.410 e. The van der Waals surface area contributed by atoms with Crippen molar-refractivity contribution in [2.75, 3.05) is 25.4 Å². The number of nitrogens with two attached hydrogens (primary N) is 1. The van der Waals surface area contributed by atoms with Gasteiger partial charge < -0.3 is 20.1 Å². The highest BCUT2D eigenvalue weighted by atomic mass is 16.6. The van der Waals surface area contributed by atoms with E-state index in [1.165, 1.54) is 0 Å². The average Bonchev–Trinajstić information content (AvgIpc) is 2.84. The van der Waals surface area contributed by atoms with Crippen LogP contribution in [0.2, 0.25) is 0 Å². The molecule has 33 heavy (non-hydrogen) atoms. The molecule has 0 bridgehead atoms. The SMILES string of the molecule is CC1C=CC(COC(=O)N2CCC3(C=C(c4ccc(N)cc4)c4ccccc4O3)CC2)=CC1. The Bertz CT molecular complexity index is 1120. The third-order valence-electron chi connectivity index (χ3n) is 6.74. The summed E-state index contributed by atoms with van der Waals surface area (Å²) in [5.41, 5.74) is 10.6. The molecule has 1 amide bonds. The van der Waals surface area contributed by atoms with Gasteiger partial charge in [-0.2, -0.15) is 0 Å². The third kappa shape index (κ3) is 4.54. The molecule has 5 rings (SSSR count). The second kappa shape index (κ2) is 8.81. The summed E-state index contributed by atoms with van der Waals surface area (Å²) in [5, 5.41) is 0. The Morgan fingerprint density at radius 3 is 2.64 bits per heavy atom. The van der Waals surface area contributed by atoms with Gasteiger partial charge in [-0.25, -0.2) is 4.79 Å². The van der Waals surface area contributed by atoms with E-state index in [0.717, 1.165) is 53.0 Å². The van der Waals surface area contributed by atoms with Crippen molar-refractivity contribution in [1.29, 1.82) is 0 Å². The van der Waals surface area contributed by atoms with Crippen molar-refractivity contribution in [3.63, 3.8) is 0 Å². The van der Waals surface area contributed by atoms with Crippen molar-refractivity contribution in [3.8, 4) is 5.75 Å². The summed E-state index contributed by atoms with van der Waals surface area (Å²) >= 11 is 0. The van der Waals surface area contributed by atoms with Crippen molar-refractivity contribution < 1.29 is 14.3 Å². The van der Waals surface area contributed by atoms with E-state index in [1.807, 2.05) is 30.3 Å². The van der Waals surface area contributed by atoms with E-state index in [2.05, 4.69) is 49.4 Å². The predicted octanol–water partition coefficient (Wildman–Crippen LogP) is 5.59. The van der Waals surface area contributed by atoms with Crippen LogP contribution in [0.15, 0.2) is 78.4 Å². The largest absolute Gasteiger partial charge is 0.482 e. The molecule has 5 nitrogen and oxygen atoms in total. The zero-order valence-corrected chi connectivity index (χ0v) is 19.0. The first-order chi connectivity index (χ1) is 16.0. The van der Waals surface area contributed by atoms with Crippen molar-refractivity contribution in [2.24, 2.45) is 5.92 Å². The quantitative estimate of drug-likeness (QED) is 0.630. The number of benzene rings is 2. The average molecular weight is 443 g/mol. The summed E-state index contributed by atoms with van der Waals surface area (Å²) in [6, 6.07) is 16.1. The Balaban J connectivity index is 1.29. The van der Waals surface area contributed by atoms with Crippen LogP contribution in [-0.4, -0.2) is 36.3 Å². The lowest BCUT2D eigenvalue weighted by atomic mass is 9.83. The van der Waals surface area contributed by atoms with Crippen LogP contribution in [-0.2, 0) is 4.74 Å². The molecular formula is C28H30N2O3. The van der Waals surface area contributed by atoms with E-state index >= 15 is 0 Å². The minimum atomic E-state index is -0.438. The fraction of sp³-hybridized carbons (Fsp3) is 0.321.